The van der Waals surface area contributed by atoms with E-state index in [0.29, 0.717) is 17.6 Å². The predicted molar refractivity (Wildman–Crippen MR) is 76.5 cm³/mol. The van der Waals surface area contributed by atoms with Crippen LogP contribution in [0.2, 0.25) is 0 Å². The number of hydrogen-bond acceptors (Lipinski definition) is 1. The van der Waals surface area contributed by atoms with Gasteiger partial charge in [-0.15, -0.1) is 0 Å². The van der Waals surface area contributed by atoms with E-state index in [1.54, 1.807) is 0 Å². The Morgan fingerprint density at radius 3 is 1.56 bits per heavy atom. The molecule has 0 N–H and O–H groups in total. The molecular formula is C17H30O. The molecule has 0 aromatic carbocycles. The van der Waals surface area contributed by atoms with Gasteiger partial charge >= 0.3 is 0 Å². The van der Waals surface area contributed by atoms with Crippen LogP contribution in [0, 0.1) is 23.7 Å². The molecule has 0 aromatic heterocycles. The zero-order chi connectivity index (χ0) is 13.0. The largest absolute Gasteiger partial charge is 0.300 e. The molecule has 0 heterocycles. The summed E-state index contributed by atoms with van der Waals surface area (Å²) < 4.78 is 0. The molecule has 0 spiro atoms. The Morgan fingerprint density at radius 1 is 0.778 bits per heavy atom. The van der Waals surface area contributed by atoms with Crippen LogP contribution in [0.25, 0.3) is 0 Å². The van der Waals surface area contributed by atoms with Gasteiger partial charge in [0.05, 0.1) is 0 Å². The Bertz CT molecular complexity index is 245. The first kappa shape index (κ1) is 14.1. The molecule has 0 amide bonds. The monoisotopic (exact) mass is 250 g/mol. The minimum absolute atomic E-state index is 0.562. The summed E-state index contributed by atoms with van der Waals surface area (Å²) in [5, 5.41) is 0. The number of rotatable bonds is 4. The molecule has 2 rings (SSSR count). The van der Waals surface area contributed by atoms with Gasteiger partial charge in [0.1, 0.15) is 5.78 Å². The third-order valence-corrected chi connectivity index (χ3v) is 5.56. The van der Waals surface area contributed by atoms with Crippen molar-refractivity contribution < 1.29 is 4.79 Å². The number of hydrogen-bond donors (Lipinski definition) is 0. The lowest BCUT2D eigenvalue weighted by atomic mass is 9.74. The van der Waals surface area contributed by atoms with Crippen molar-refractivity contribution in [3.63, 3.8) is 0 Å². The van der Waals surface area contributed by atoms with Crippen LogP contribution in [0.15, 0.2) is 0 Å². The van der Waals surface area contributed by atoms with E-state index in [1.165, 1.54) is 51.4 Å². The molecule has 0 bridgehead atoms. The van der Waals surface area contributed by atoms with E-state index in [2.05, 4.69) is 13.8 Å². The lowest BCUT2D eigenvalue weighted by Crippen LogP contribution is -2.24. The van der Waals surface area contributed by atoms with E-state index in [-0.39, 0.29) is 0 Å². The van der Waals surface area contributed by atoms with Gasteiger partial charge in [0.25, 0.3) is 0 Å². The fraction of sp³-hybridized carbons (Fsp3) is 0.941. The lowest BCUT2D eigenvalue weighted by molar-refractivity contribution is -0.122. The average Bonchev–Trinajstić information content (AvgIpc) is 2.35. The molecule has 18 heavy (non-hydrogen) atoms. The van der Waals surface area contributed by atoms with Gasteiger partial charge in [-0.1, -0.05) is 52.4 Å². The van der Waals surface area contributed by atoms with Crippen molar-refractivity contribution in [3.8, 4) is 0 Å². The highest BCUT2D eigenvalue weighted by molar-refractivity contribution is 5.79. The maximum atomic E-state index is 12.3. The second-order valence-electron chi connectivity index (χ2n) is 6.99. The molecule has 0 unspecified atom stereocenters. The summed E-state index contributed by atoms with van der Waals surface area (Å²) in [6.45, 7) is 4.70. The van der Waals surface area contributed by atoms with Gasteiger partial charge in [-0.3, -0.25) is 4.79 Å². The van der Waals surface area contributed by atoms with Crippen LogP contribution in [0.3, 0.4) is 0 Å². The third-order valence-electron chi connectivity index (χ3n) is 5.56. The molecule has 0 radical (unpaired) electrons. The maximum Gasteiger partial charge on any atom is 0.133 e. The van der Waals surface area contributed by atoms with Gasteiger partial charge in [-0.05, 0) is 36.5 Å². The fourth-order valence-electron chi connectivity index (χ4n) is 4.06. The normalized spacial score (nSPS) is 37.4. The van der Waals surface area contributed by atoms with Gasteiger partial charge in [0, 0.05) is 12.8 Å². The highest BCUT2D eigenvalue weighted by atomic mass is 16.1. The smallest absolute Gasteiger partial charge is 0.133 e. The van der Waals surface area contributed by atoms with Gasteiger partial charge in [0.15, 0.2) is 0 Å². The quantitative estimate of drug-likeness (QED) is 0.687. The SMILES string of the molecule is C[C@H]1CCCC[C@H]1CC(=O)C[C@@H]1CCCC[C@@H]1C. The predicted octanol–water partition coefficient (Wildman–Crippen LogP) is 4.99. The molecule has 2 aliphatic carbocycles. The summed E-state index contributed by atoms with van der Waals surface area (Å²) in [7, 11) is 0. The topological polar surface area (TPSA) is 17.1 Å². The molecule has 0 saturated heterocycles. The molecule has 104 valence electrons. The Kier molecular flexibility index (Phi) is 5.26. The van der Waals surface area contributed by atoms with Crippen molar-refractivity contribution >= 4 is 5.78 Å². The average molecular weight is 250 g/mol. The van der Waals surface area contributed by atoms with Crippen molar-refractivity contribution in [2.24, 2.45) is 23.7 Å². The number of Topliss-reactive ketones (excluding diaryl/α,β-unsaturated/α-hetero) is 1. The van der Waals surface area contributed by atoms with E-state index in [0.717, 1.165) is 24.7 Å². The molecule has 4 atom stereocenters. The van der Waals surface area contributed by atoms with E-state index < -0.39 is 0 Å². The van der Waals surface area contributed by atoms with Crippen molar-refractivity contribution in [1.82, 2.24) is 0 Å². The molecule has 0 aromatic rings. The summed E-state index contributed by atoms with van der Waals surface area (Å²) >= 11 is 0. The van der Waals surface area contributed by atoms with Crippen LogP contribution in [0.5, 0.6) is 0 Å². The molecular weight excluding hydrogens is 220 g/mol. The zero-order valence-electron chi connectivity index (χ0n) is 12.3. The Morgan fingerprint density at radius 2 is 1.17 bits per heavy atom. The Labute approximate surface area is 113 Å². The fourth-order valence-corrected chi connectivity index (χ4v) is 4.06. The summed E-state index contributed by atoms with van der Waals surface area (Å²) in [6, 6.07) is 0. The second kappa shape index (κ2) is 6.73. The Hall–Kier alpha value is -0.330. The minimum atomic E-state index is 0.562. The van der Waals surface area contributed by atoms with Crippen LogP contribution in [-0.4, -0.2) is 5.78 Å². The second-order valence-corrected chi connectivity index (χ2v) is 6.99. The van der Waals surface area contributed by atoms with Crippen molar-refractivity contribution in [1.29, 1.82) is 0 Å². The molecule has 2 saturated carbocycles. The zero-order valence-corrected chi connectivity index (χ0v) is 12.3. The number of ketones is 1. The van der Waals surface area contributed by atoms with Gasteiger partial charge in [-0.2, -0.15) is 0 Å². The van der Waals surface area contributed by atoms with Crippen LogP contribution in [-0.2, 0) is 4.79 Å². The first-order valence-corrected chi connectivity index (χ1v) is 8.18. The van der Waals surface area contributed by atoms with E-state index >= 15 is 0 Å². The highest BCUT2D eigenvalue weighted by Crippen LogP contribution is 2.35. The summed E-state index contributed by atoms with van der Waals surface area (Å²) in [4.78, 5) is 12.3. The van der Waals surface area contributed by atoms with Crippen LogP contribution >= 0.6 is 0 Å². The lowest BCUT2D eigenvalue weighted by Gasteiger charge is -2.31. The third kappa shape index (κ3) is 3.83. The summed E-state index contributed by atoms with van der Waals surface area (Å²) in [5.74, 6) is 3.53. The maximum absolute atomic E-state index is 12.3. The van der Waals surface area contributed by atoms with E-state index in [1.807, 2.05) is 0 Å². The van der Waals surface area contributed by atoms with Gasteiger partial charge in [-0.25, -0.2) is 0 Å². The number of carbonyl (C=O) groups excluding carboxylic acids is 1. The first-order chi connectivity index (χ1) is 8.66. The number of carbonyl (C=O) groups is 1. The summed E-state index contributed by atoms with van der Waals surface area (Å²) in [5.41, 5.74) is 0. The minimum Gasteiger partial charge on any atom is -0.300 e. The summed E-state index contributed by atoms with van der Waals surface area (Å²) in [6.07, 6.45) is 12.5. The van der Waals surface area contributed by atoms with Crippen LogP contribution in [0.1, 0.15) is 78.1 Å². The van der Waals surface area contributed by atoms with Crippen molar-refractivity contribution in [3.05, 3.63) is 0 Å². The molecule has 2 aliphatic rings. The van der Waals surface area contributed by atoms with Gasteiger partial charge < -0.3 is 0 Å². The molecule has 1 heteroatoms. The Balaban J connectivity index is 1.77. The van der Waals surface area contributed by atoms with Gasteiger partial charge in [0.2, 0.25) is 0 Å². The van der Waals surface area contributed by atoms with E-state index in [4.69, 9.17) is 0 Å². The highest BCUT2D eigenvalue weighted by Gasteiger charge is 2.27. The van der Waals surface area contributed by atoms with Crippen molar-refractivity contribution in [2.45, 2.75) is 78.1 Å². The standard InChI is InChI=1S/C17H30O/c1-13-7-3-5-9-15(13)11-17(18)12-16-10-6-4-8-14(16)2/h13-16H,3-12H2,1-2H3/t13-,14-,15-,16-/m0/s1. The van der Waals surface area contributed by atoms with Crippen LogP contribution in [0.4, 0.5) is 0 Å². The molecule has 0 aliphatic heterocycles. The van der Waals surface area contributed by atoms with E-state index in [9.17, 15) is 4.79 Å². The van der Waals surface area contributed by atoms with Crippen molar-refractivity contribution in [2.75, 3.05) is 0 Å². The first-order valence-electron chi connectivity index (χ1n) is 8.18. The van der Waals surface area contributed by atoms with Crippen LogP contribution < -0.4 is 0 Å². The molecule has 2 fully saturated rings. The molecule has 1 nitrogen and oxygen atoms in total.